The standard InChI is InChI=1S/C18H18O3/c19-11-2-1-4-15-7-9-16(10-8-15)14-21-18-6-3-5-17(12-18)13-20/h3,5-10,12,19-20H,2,11,13-14H2. The van der Waals surface area contributed by atoms with E-state index in [2.05, 4.69) is 11.8 Å². The molecule has 2 rings (SSSR count). The predicted octanol–water partition coefficient (Wildman–Crippen LogP) is 2.49. The van der Waals surface area contributed by atoms with Crippen LogP contribution in [-0.2, 0) is 13.2 Å². The topological polar surface area (TPSA) is 49.7 Å². The molecule has 0 aliphatic heterocycles. The van der Waals surface area contributed by atoms with E-state index in [0.717, 1.165) is 22.4 Å². The van der Waals surface area contributed by atoms with Crippen LogP contribution in [0.25, 0.3) is 0 Å². The van der Waals surface area contributed by atoms with E-state index in [4.69, 9.17) is 14.9 Å². The minimum Gasteiger partial charge on any atom is -0.489 e. The Kier molecular flexibility index (Phi) is 5.83. The summed E-state index contributed by atoms with van der Waals surface area (Å²) >= 11 is 0. The molecule has 0 saturated carbocycles. The lowest BCUT2D eigenvalue weighted by atomic mass is 10.1. The molecular weight excluding hydrogens is 264 g/mol. The largest absolute Gasteiger partial charge is 0.489 e. The van der Waals surface area contributed by atoms with Gasteiger partial charge in [-0.2, -0.15) is 0 Å². The van der Waals surface area contributed by atoms with Gasteiger partial charge in [-0.05, 0) is 35.4 Å². The number of rotatable bonds is 5. The SMILES string of the molecule is OCCC#Cc1ccc(COc2cccc(CO)c2)cc1. The molecular formula is C18H18O3. The molecule has 2 N–H and O–H groups in total. The minimum absolute atomic E-state index is 0.0123. The summed E-state index contributed by atoms with van der Waals surface area (Å²) in [7, 11) is 0. The zero-order chi connectivity index (χ0) is 14.9. The molecule has 0 aromatic heterocycles. The van der Waals surface area contributed by atoms with E-state index in [9.17, 15) is 0 Å². The van der Waals surface area contributed by atoms with Crippen LogP contribution in [0.5, 0.6) is 5.75 Å². The fraction of sp³-hybridized carbons (Fsp3) is 0.222. The summed E-state index contributed by atoms with van der Waals surface area (Å²) in [5, 5.41) is 17.8. The van der Waals surface area contributed by atoms with Gasteiger partial charge in [-0.25, -0.2) is 0 Å². The Bertz CT molecular complexity index is 621. The molecule has 108 valence electrons. The molecule has 2 aromatic rings. The average molecular weight is 282 g/mol. The van der Waals surface area contributed by atoms with Crippen LogP contribution in [0.2, 0.25) is 0 Å². The molecule has 0 fully saturated rings. The van der Waals surface area contributed by atoms with Crippen molar-refractivity contribution in [3.8, 4) is 17.6 Å². The third kappa shape index (κ3) is 4.96. The summed E-state index contributed by atoms with van der Waals surface area (Å²) in [6.07, 6.45) is 0.492. The quantitative estimate of drug-likeness (QED) is 0.828. The van der Waals surface area contributed by atoms with Crippen LogP contribution in [0.3, 0.4) is 0 Å². The van der Waals surface area contributed by atoms with Crippen molar-refractivity contribution in [2.75, 3.05) is 6.61 Å². The highest BCUT2D eigenvalue weighted by Crippen LogP contribution is 2.15. The van der Waals surface area contributed by atoms with Gasteiger partial charge in [0.05, 0.1) is 13.2 Å². The molecule has 0 amide bonds. The summed E-state index contributed by atoms with van der Waals surface area (Å²) in [5.41, 5.74) is 2.81. The molecule has 3 heteroatoms. The van der Waals surface area contributed by atoms with Gasteiger partial charge in [-0.3, -0.25) is 0 Å². The summed E-state index contributed by atoms with van der Waals surface area (Å²) in [4.78, 5) is 0. The normalized spacial score (nSPS) is 9.81. The molecule has 0 unspecified atom stereocenters. The van der Waals surface area contributed by atoms with E-state index in [1.54, 1.807) is 0 Å². The number of aliphatic hydroxyl groups is 2. The van der Waals surface area contributed by atoms with Crippen LogP contribution >= 0.6 is 0 Å². The van der Waals surface area contributed by atoms with Crippen molar-refractivity contribution < 1.29 is 14.9 Å². The van der Waals surface area contributed by atoms with Crippen LogP contribution in [0.1, 0.15) is 23.1 Å². The monoisotopic (exact) mass is 282 g/mol. The van der Waals surface area contributed by atoms with Gasteiger partial charge in [0.25, 0.3) is 0 Å². The van der Waals surface area contributed by atoms with Gasteiger partial charge >= 0.3 is 0 Å². The van der Waals surface area contributed by atoms with Crippen molar-refractivity contribution in [1.82, 2.24) is 0 Å². The second-order valence-corrected chi connectivity index (χ2v) is 4.57. The highest BCUT2D eigenvalue weighted by atomic mass is 16.5. The first kappa shape index (κ1) is 15.1. The lowest BCUT2D eigenvalue weighted by Gasteiger charge is -2.07. The zero-order valence-corrected chi connectivity index (χ0v) is 11.7. The highest BCUT2D eigenvalue weighted by Gasteiger charge is 1.98. The second kappa shape index (κ2) is 8.11. The van der Waals surface area contributed by atoms with Crippen molar-refractivity contribution in [3.63, 3.8) is 0 Å². The van der Waals surface area contributed by atoms with Crippen LogP contribution < -0.4 is 4.74 Å². The lowest BCUT2D eigenvalue weighted by Crippen LogP contribution is -1.96. The Morgan fingerprint density at radius 2 is 1.76 bits per heavy atom. The Morgan fingerprint density at radius 1 is 0.952 bits per heavy atom. The van der Waals surface area contributed by atoms with Crippen molar-refractivity contribution in [3.05, 3.63) is 65.2 Å². The van der Waals surface area contributed by atoms with Crippen molar-refractivity contribution in [2.45, 2.75) is 19.6 Å². The molecule has 0 atom stereocenters. The first-order valence-corrected chi connectivity index (χ1v) is 6.83. The third-order valence-electron chi connectivity index (χ3n) is 2.91. The molecule has 2 aromatic carbocycles. The third-order valence-corrected chi connectivity index (χ3v) is 2.91. The summed E-state index contributed by atoms with van der Waals surface area (Å²) in [6, 6.07) is 15.2. The summed E-state index contributed by atoms with van der Waals surface area (Å²) < 4.78 is 5.69. The van der Waals surface area contributed by atoms with Gasteiger partial charge in [0.2, 0.25) is 0 Å². The number of benzene rings is 2. The van der Waals surface area contributed by atoms with E-state index >= 15 is 0 Å². The minimum atomic E-state index is 0.0123. The van der Waals surface area contributed by atoms with E-state index in [1.807, 2.05) is 48.5 Å². The molecule has 0 spiro atoms. The average Bonchev–Trinajstić information content (AvgIpc) is 2.54. The molecule has 0 radical (unpaired) electrons. The maximum atomic E-state index is 9.08. The van der Waals surface area contributed by atoms with Gasteiger partial charge in [-0.1, -0.05) is 36.1 Å². The Hall–Kier alpha value is -2.28. The van der Waals surface area contributed by atoms with Crippen molar-refractivity contribution in [1.29, 1.82) is 0 Å². The van der Waals surface area contributed by atoms with Crippen LogP contribution in [0.4, 0.5) is 0 Å². The Balaban J connectivity index is 1.93. The molecule has 0 heterocycles. The smallest absolute Gasteiger partial charge is 0.120 e. The van der Waals surface area contributed by atoms with E-state index in [1.165, 1.54) is 0 Å². The number of ether oxygens (including phenoxy) is 1. The fourth-order valence-corrected chi connectivity index (χ4v) is 1.81. The van der Waals surface area contributed by atoms with E-state index < -0.39 is 0 Å². The molecule has 0 bridgehead atoms. The van der Waals surface area contributed by atoms with E-state index in [-0.39, 0.29) is 13.2 Å². The van der Waals surface area contributed by atoms with Crippen LogP contribution in [0, 0.1) is 11.8 Å². The molecule has 0 aliphatic rings. The molecule has 3 nitrogen and oxygen atoms in total. The van der Waals surface area contributed by atoms with Gasteiger partial charge in [-0.15, -0.1) is 0 Å². The second-order valence-electron chi connectivity index (χ2n) is 4.57. The maximum absolute atomic E-state index is 9.08. The predicted molar refractivity (Wildman–Crippen MR) is 81.7 cm³/mol. The van der Waals surface area contributed by atoms with Gasteiger partial charge in [0.15, 0.2) is 0 Å². The highest BCUT2D eigenvalue weighted by molar-refractivity contribution is 5.36. The van der Waals surface area contributed by atoms with Crippen molar-refractivity contribution >= 4 is 0 Å². The van der Waals surface area contributed by atoms with Crippen LogP contribution in [-0.4, -0.2) is 16.8 Å². The van der Waals surface area contributed by atoms with Gasteiger partial charge in [0, 0.05) is 12.0 Å². The number of hydrogen-bond acceptors (Lipinski definition) is 3. The van der Waals surface area contributed by atoms with Gasteiger partial charge in [0.1, 0.15) is 12.4 Å². The first-order chi connectivity index (χ1) is 10.3. The fourth-order valence-electron chi connectivity index (χ4n) is 1.81. The summed E-state index contributed by atoms with van der Waals surface area (Å²) in [5.74, 6) is 6.61. The zero-order valence-electron chi connectivity index (χ0n) is 11.7. The lowest BCUT2D eigenvalue weighted by molar-refractivity contribution is 0.278. The van der Waals surface area contributed by atoms with Crippen LogP contribution in [0.15, 0.2) is 48.5 Å². The summed E-state index contributed by atoms with van der Waals surface area (Å²) in [6.45, 7) is 0.573. The Morgan fingerprint density at radius 3 is 2.48 bits per heavy atom. The molecule has 0 saturated heterocycles. The number of hydrogen-bond donors (Lipinski definition) is 2. The van der Waals surface area contributed by atoms with Crippen molar-refractivity contribution in [2.24, 2.45) is 0 Å². The van der Waals surface area contributed by atoms with E-state index in [0.29, 0.717) is 13.0 Å². The molecule has 0 aliphatic carbocycles. The number of aliphatic hydroxyl groups excluding tert-OH is 2. The molecule has 21 heavy (non-hydrogen) atoms. The first-order valence-electron chi connectivity index (χ1n) is 6.83. The van der Waals surface area contributed by atoms with Gasteiger partial charge < -0.3 is 14.9 Å². The Labute approximate surface area is 124 Å². The maximum Gasteiger partial charge on any atom is 0.120 e.